The van der Waals surface area contributed by atoms with Gasteiger partial charge in [0, 0.05) is 13.1 Å². The van der Waals surface area contributed by atoms with Crippen LogP contribution in [0.4, 0.5) is 9.52 Å². The van der Waals surface area contributed by atoms with Gasteiger partial charge in [0.2, 0.25) is 5.91 Å². The minimum absolute atomic E-state index is 0.214. The Labute approximate surface area is 182 Å². The normalized spacial score (nSPS) is 29.8. The summed E-state index contributed by atoms with van der Waals surface area (Å²) in [5.41, 5.74) is 0.178. The molecule has 0 saturated heterocycles. The number of nitrogens with zero attached hydrogens (tertiary/aromatic N) is 3. The maximum Gasteiger partial charge on any atom is 0.235 e. The van der Waals surface area contributed by atoms with Crippen molar-refractivity contribution in [3.63, 3.8) is 0 Å². The molecule has 0 unspecified atom stereocenters. The zero-order valence-corrected chi connectivity index (χ0v) is 18.9. The van der Waals surface area contributed by atoms with E-state index in [1.165, 1.54) is 36.7 Å². The number of benzene rings is 1. The number of halogens is 1. The van der Waals surface area contributed by atoms with Crippen LogP contribution in [0.25, 0.3) is 10.2 Å². The summed E-state index contributed by atoms with van der Waals surface area (Å²) in [5.74, 6) is 2.11. The first kappa shape index (κ1) is 20.4. The lowest BCUT2D eigenvalue weighted by Gasteiger charge is -2.56. The molecular formula is C24H32FN3OS. The lowest BCUT2D eigenvalue weighted by atomic mass is 9.49. The van der Waals surface area contributed by atoms with Gasteiger partial charge in [0.25, 0.3) is 0 Å². The summed E-state index contributed by atoms with van der Waals surface area (Å²) in [6.07, 6.45) is 7.07. The molecule has 30 heavy (non-hydrogen) atoms. The topological polar surface area (TPSA) is 36.4 Å². The van der Waals surface area contributed by atoms with Crippen molar-refractivity contribution in [3.8, 4) is 0 Å². The van der Waals surface area contributed by atoms with E-state index in [2.05, 4.69) is 23.7 Å². The van der Waals surface area contributed by atoms with Gasteiger partial charge >= 0.3 is 0 Å². The van der Waals surface area contributed by atoms with Crippen molar-refractivity contribution < 1.29 is 9.18 Å². The number of carbonyl (C=O) groups is 1. The first-order chi connectivity index (χ1) is 14.5. The average molecular weight is 430 g/mol. The van der Waals surface area contributed by atoms with E-state index in [-0.39, 0.29) is 17.1 Å². The number of anilines is 1. The maximum atomic E-state index is 14.3. The van der Waals surface area contributed by atoms with Crippen LogP contribution in [-0.2, 0) is 4.79 Å². The molecule has 0 N–H and O–H groups in total. The van der Waals surface area contributed by atoms with Crippen LogP contribution in [0.2, 0.25) is 0 Å². The minimum Gasteiger partial charge on any atom is -0.302 e. The first-order valence-electron chi connectivity index (χ1n) is 11.6. The van der Waals surface area contributed by atoms with E-state index < -0.39 is 0 Å². The van der Waals surface area contributed by atoms with Gasteiger partial charge < -0.3 is 4.90 Å². The quantitative estimate of drug-likeness (QED) is 0.597. The van der Waals surface area contributed by atoms with E-state index in [1.54, 1.807) is 6.07 Å². The fraction of sp³-hybridized carbons (Fsp3) is 0.667. The van der Waals surface area contributed by atoms with E-state index in [9.17, 15) is 9.18 Å². The molecule has 2 aromatic rings. The van der Waals surface area contributed by atoms with Crippen LogP contribution in [-0.4, -0.2) is 42.0 Å². The van der Waals surface area contributed by atoms with Crippen molar-refractivity contribution in [2.24, 2.45) is 23.2 Å². The molecular weight excluding hydrogens is 397 g/mol. The maximum absolute atomic E-state index is 14.3. The molecule has 4 fully saturated rings. The summed E-state index contributed by atoms with van der Waals surface area (Å²) in [6.45, 7) is 7.69. The van der Waals surface area contributed by atoms with Gasteiger partial charge in [-0.05, 0) is 81.5 Å². The van der Waals surface area contributed by atoms with E-state index in [0.29, 0.717) is 17.2 Å². The summed E-state index contributed by atoms with van der Waals surface area (Å²) in [5, 5.41) is 0.669. The lowest BCUT2D eigenvalue weighted by molar-refractivity contribution is -0.143. The fourth-order valence-electron chi connectivity index (χ4n) is 6.74. The van der Waals surface area contributed by atoms with E-state index in [0.717, 1.165) is 61.4 Å². The Hall–Kier alpha value is -1.53. The minimum atomic E-state index is -0.305. The molecule has 0 atom stereocenters. The van der Waals surface area contributed by atoms with E-state index in [4.69, 9.17) is 0 Å². The molecule has 1 aromatic carbocycles. The van der Waals surface area contributed by atoms with Crippen LogP contribution in [0.3, 0.4) is 0 Å². The van der Waals surface area contributed by atoms with Crippen molar-refractivity contribution in [3.05, 3.63) is 24.0 Å². The zero-order chi connectivity index (χ0) is 20.9. The Balaban J connectivity index is 1.49. The summed E-state index contributed by atoms with van der Waals surface area (Å²) < 4.78 is 15.1. The van der Waals surface area contributed by atoms with Gasteiger partial charge in [0.05, 0.1) is 10.1 Å². The summed E-state index contributed by atoms with van der Waals surface area (Å²) in [4.78, 5) is 23.0. The Morgan fingerprint density at radius 3 is 2.30 bits per heavy atom. The van der Waals surface area contributed by atoms with Crippen LogP contribution in [0.5, 0.6) is 0 Å². The van der Waals surface area contributed by atoms with Crippen LogP contribution in [0.15, 0.2) is 18.2 Å². The Kier molecular flexibility index (Phi) is 5.34. The first-order valence-corrected chi connectivity index (χ1v) is 12.4. The summed E-state index contributed by atoms with van der Waals surface area (Å²) >= 11 is 1.45. The lowest BCUT2D eigenvalue weighted by Crippen LogP contribution is -2.55. The standard InChI is InChI=1S/C24H32FN3OS/c1-3-27(4-2)8-9-28(23-26-21-19(25)6-5-7-20(21)30-23)22(29)24-13-16-10-17(14-24)12-18(11-16)15-24/h5-7,16-18H,3-4,8-15H2,1-2H3. The monoisotopic (exact) mass is 429 g/mol. The van der Waals surface area contributed by atoms with Gasteiger partial charge in [-0.25, -0.2) is 9.37 Å². The fourth-order valence-corrected chi connectivity index (χ4v) is 7.75. The van der Waals surface area contributed by atoms with Gasteiger partial charge in [-0.3, -0.25) is 9.69 Å². The molecule has 1 amide bonds. The molecule has 6 heteroatoms. The number of hydrogen-bond acceptors (Lipinski definition) is 4. The number of amides is 1. The zero-order valence-electron chi connectivity index (χ0n) is 18.1. The Morgan fingerprint density at radius 2 is 1.73 bits per heavy atom. The molecule has 0 aliphatic heterocycles. The highest BCUT2D eigenvalue weighted by Gasteiger charge is 2.56. The van der Waals surface area contributed by atoms with Crippen LogP contribution >= 0.6 is 11.3 Å². The molecule has 0 spiro atoms. The van der Waals surface area contributed by atoms with E-state index in [1.807, 2.05) is 11.0 Å². The third kappa shape index (κ3) is 3.46. The van der Waals surface area contributed by atoms with Gasteiger partial charge in [-0.15, -0.1) is 0 Å². The van der Waals surface area contributed by atoms with Crippen molar-refractivity contribution in [2.45, 2.75) is 52.4 Å². The van der Waals surface area contributed by atoms with Gasteiger partial charge in [0.15, 0.2) is 5.13 Å². The molecule has 1 aromatic heterocycles. The molecule has 6 rings (SSSR count). The van der Waals surface area contributed by atoms with E-state index >= 15 is 0 Å². The highest BCUT2D eigenvalue weighted by molar-refractivity contribution is 7.22. The SMILES string of the molecule is CCN(CC)CCN(C(=O)C12CC3CC(CC(C3)C1)C2)c1nc2c(F)cccc2s1. The molecule has 4 saturated carbocycles. The van der Waals surface area contributed by atoms with Crippen LogP contribution in [0.1, 0.15) is 52.4 Å². The largest absolute Gasteiger partial charge is 0.302 e. The average Bonchev–Trinajstić information content (AvgIpc) is 3.15. The predicted octanol–water partition coefficient (Wildman–Crippen LogP) is 5.33. The molecule has 4 nitrogen and oxygen atoms in total. The molecule has 4 bridgehead atoms. The van der Waals surface area contributed by atoms with Gasteiger partial charge in [-0.2, -0.15) is 0 Å². The Morgan fingerprint density at radius 1 is 1.10 bits per heavy atom. The molecule has 4 aliphatic carbocycles. The summed E-state index contributed by atoms with van der Waals surface area (Å²) in [6, 6.07) is 5.07. The highest BCUT2D eigenvalue weighted by Crippen LogP contribution is 2.60. The molecule has 1 heterocycles. The number of likely N-dealkylation sites (N-methyl/N-ethyl adjacent to an activating group) is 1. The number of thiazole rings is 1. The van der Waals surface area contributed by atoms with Crippen molar-refractivity contribution >= 4 is 32.6 Å². The van der Waals surface area contributed by atoms with Gasteiger partial charge in [-0.1, -0.05) is 31.3 Å². The number of hydrogen-bond donors (Lipinski definition) is 0. The number of fused-ring (bicyclic) bond motifs is 1. The number of carbonyl (C=O) groups excluding carboxylic acids is 1. The second-order valence-corrected chi connectivity index (χ2v) is 10.8. The Bertz CT molecular complexity index is 902. The highest BCUT2D eigenvalue weighted by atomic mass is 32.1. The van der Waals surface area contributed by atoms with Crippen molar-refractivity contribution in [2.75, 3.05) is 31.1 Å². The summed E-state index contributed by atoms with van der Waals surface area (Å²) in [7, 11) is 0. The second kappa shape index (κ2) is 7.86. The molecule has 0 radical (unpaired) electrons. The number of rotatable bonds is 7. The number of para-hydroxylation sites is 1. The van der Waals surface area contributed by atoms with Crippen LogP contribution in [0, 0.1) is 29.0 Å². The second-order valence-electron chi connectivity index (χ2n) is 9.76. The third-order valence-corrected chi connectivity index (χ3v) is 8.90. The van der Waals surface area contributed by atoms with Crippen LogP contribution < -0.4 is 4.90 Å². The predicted molar refractivity (Wildman–Crippen MR) is 120 cm³/mol. The van der Waals surface area contributed by atoms with Crippen molar-refractivity contribution in [1.29, 1.82) is 0 Å². The van der Waals surface area contributed by atoms with Gasteiger partial charge in [0.1, 0.15) is 11.3 Å². The van der Waals surface area contributed by atoms with Crippen molar-refractivity contribution in [1.82, 2.24) is 9.88 Å². The molecule has 4 aliphatic rings. The number of aromatic nitrogens is 1. The molecule has 162 valence electrons. The smallest absolute Gasteiger partial charge is 0.235 e. The third-order valence-electron chi connectivity index (χ3n) is 7.86.